The Morgan fingerprint density at radius 3 is 2.47 bits per heavy atom. The number of carboxylic acid groups (broad SMARTS) is 1. The monoisotopic (exact) mass is 291 g/mol. The van der Waals surface area contributed by atoms with Crippen molar-refractivity contribution < 1.29 is 27.8 Å². The quantitative estimate of drug-likeness (QED) is 0.825. The molecule has 1 unspecified atom stereocenters. The highest BCUT2D eigenvalue weighted by atomic mass is 32.2. The van der Waals surface area contributed by atoms with E-state index in [0.717, 1.165) is 16.4 Å². The molecule has 0 amide bonds. The zero-order valence-electron chi connectivity index (χ0n) is 10.4. The molecule has 1 aromatic rings. The Morgan fingerprint density at radius 1 is 1.47 bits per heavy atom. The standard InChI is InChI=1S/C11H14FNO5S/c1-7(14)6-13(2)19(17,18)8-3-4-9(11(15)16)10(12)5-8/h3-5,7,14H,6H2,1-2H3,(H,15,16). The molecule has 6 nitrogen and oxygen atoms in total. The van der Waals surface area contributed by atoms with Crippen molar-refractivity contribution in [2.75, 3.05) is 13.6 Å². The van der Waals surface area contributed by atoms with Gasteiger partial charge in [-0.25, -0.2) is 17.6 Å². The number of carboxylic acids is 1. The van der Waals surface area contributed by atoms with E-state index in [9.17, 15) is 17.6 Å². The van der Waals surface area contributed by atoms with Crippen LogP contribution in [0.3, 0.4) is 0 Å². The van der Waals surface area contributed by atoms with Crippen LogP contribution in [-0.4, -0.2) is 48.6 Å². The molecule has 1 aromatic carbocycles. The highest BCUT2D eigenvalue weighted by Gasteiger charge is 2.23. The third-order valence-corrected chi connectivity index (χ3v) is 4.22. The molecule has 0 saturated heterocycles. The van der Waals surface area contributed by atoms with Crippen LogP contribution in [0.1, 0.15) is 17.3 Å². The van der Waals surface area contributed by atoms with Crippen LogP contribution in [0.4, 0.5) is 4.39 Å². The number of carbonyl (C=O) groups is 1. The highest BCUT2D eigenvalue weighted by Crippen LogP contribution is 2.18. The lowest BCUT2D eigenvalue weighted by atomic mass is 10.2. The van der Waals surface area contributed by atoms with E-state index in [2.05, 4.69) is 0 Å². The van der Waals surface area contributed by atoms with Gasteiger partial charge in [-0.2, -0.15) is 4.31 Å². The number of sulfonamides is 1. The maximum absolute atomic E-state index is 13.4. The van der Waals surface area contributed by atoms with Crippen molar-refractivity contribution in [1.82, 2.24) is 4.31 Å². The molecule has 19 heavy (non-hydrogen) atoms. The first kappa shape index (κ1) is 15.5. The Bertz CT molecular complexity index is 585. The summed E-state index contributed by atoms with van der Waals surface area (Å²) < 4.78 is 38.3. The number of halogens is 1. The largest absolute Gasteiger partial charge is 0.478 e. The van der Waals surface area contributed by atoms with Crippen LogP contribution < -0.4 is 0 Å². The second kappa shape index (κ2) is 5.64. The average molecular weight is 291 g/mol. The van der Waals surface area contributed by atoms with Gasteiger partial charge >= 0.3 is 5.97 Å². The molecule has 0 heterocycles. The van der Waals surface area contributed by atoms with Crippen molar-refractivity contribution in [1.29, 1.82) is 0 Å². The van der Waals surface area contributed by atoms with Crippen LogP contribution >= 0.6 is 0 Å². The molecule has 0 bridgehead atoms. The minimum absolute atomic E-state index is 0.148. The minimum Gasteiger partial charge on any atom is -0.478 e. The number of nitrogens with zero attached hydrogens (tertiary/aromatic N) is 1. The third-order valence-electron chi connectivity index (χ3n) is 2.40. The van der Waals surface area contributed by atoms with E-state index in [0.29, 0.717) is 6.07 Å². The Hall–Kier alpha value is -1.51. The fraction of sp³-hybridized carbons (Fsp3) is 0.364. The first-order chi connectivity index (χ1) is 8.66. The number of aromatic carboxylic acids is 1. The molecule has 1 rings (SSSR count). The summed E-state index contributed by atoms with van der Waals surface area (Å²) in [6, 6.07) is 2.55. The Balaban J connectivity index is 3.16. The minimum atomic E-state index is -3.96. The van der Waals surface area contributed by atoms with Gasteiger partial charge in [0.05, 0.1) is 16.6 Å². The van der Waals surface area contributed by atoms with E-state index in [-0.39, 0.29) is 11.4 Å². The van der Waals surface area contributed by atoms with Crippen molar-refractivity contribution in [3.05, 3.63) is 29.6 Å². The molecule has 0 aliphatic carbocycles. The van der Waals surface area contributed by atoms with Gasteiger partial charge in [-0.15, -0.1) is 0 Å². The fourth-order valence-electron chi connectivity index (χ4n) is 1.48. The van der Waals surface area contributed by atoms with E-state index in [1.807, 2.05) is 0 Å². The lowest BCUT2D eigenvalue weighted by Gasteiger charge is -2.18. The molecule has 0 spiro atoms. The number of aliphatic hydroxyl groups is 1. The molecule has 0 fully saturated rings. The van der Waals surface area contributed by atoms with Crippen LogP contribution in [-0.2, 0) is 10.0 Å². The molecule has 8 heteroatoms. The summed E-state index contributed by atoms with van der Waals surface area (Å²) in [7, 11) is -2.72. The van der Waals surface area contributed by atoms with Crippen molar-refractivity contribution in [3.8, 4) is 0 Å². The van der Waals surface area contributed by atoms with Gasteiger partial charge in [-0.05, 0) is 25.1 Å². The number of hydrogen-bond donors (Lipinski definition) is 2. The number of hydrogen-bond acceptors (Lipinski definition) is 4. The molecular weight excluding hydrogens is 277 g/mol. The van der Waals surface area contributed by atoms with Crippen molar-refractivity contribution in [2.24, 2.45) is 0 Å². The average Bonchev–Trinajstić information content (AvgIpc) is 2.27. The normalized spacial score (nSPS) is 13.5. The highest BCUT2D eigenvalue weighted by molar-refractivity contribution is 7.89. The smallest absolute Gasteiger partial charge is 0.338 e. The second-order valence-corrected chi connectivity index (χ2v) is 6.13. The molecule has 0 aliphatic rings. The third kappa shape index (κ3) is 3.49. The number of rotatable bonds is 5. The van der Waals surface area contributed by atoms with Gasteiger partial charge in [-0.1, -0.05) is 0 Å². The second-order valence-electron chi connectivity index (χ2n) is 4.08. The summed E-state index contributed by atoms with van der Waals surface area (Å²) in [6.07, 6.45) is -0.872. The van der Waals surface area contributed by atoms with Gasteiger partial charge < -0.3 is 10.2 Å². The zero-order valence-corrected chi connectivity index (χ0v) is 11.2. The lowest BCUT2D eigenvalue weighted by Crippen LogP contribution is -2.33. The van der Waals surface area contributed by atoms with Gasteiger partial charge in [0.1, 0.15) is 5.82 Å². The maximum atomic E-state index is 13.4. The topological polar surface area (TPSA) is 94.9 Å². The van der Waals surface area contributed by atoms with Crippen LogP contribution in [0.5, 0.6) is 0 Å². The van der Waals surface area contributed by atoms with Gasteiger partial charge in [0, 0.05) is 13.6 Å². The molecular formula is C11H14FNO5S. The molecule has 0 aromatic heterocycles. The summed E-state index contributed by atoms with van der Waals surface area (Å²) in [4.78, 5) is 10.3. The van der Waals surface area contributed by atoms with Crippen LogP contribution in [0.15, 0.2) is 23.1 Å². The van der Waals surface area contributed by atoms with E-state index in [4.69, 9.17) is 10.2 Å². The van der Waals surface area contributed by atoms with Crippen LogP contribution in [0, 0.1) is 5.82 Å². The first-order valence-corrected chi connectivity index (χ1v) is 6.77. The Labute approximate surface area is 110 Å². The molecule has 106 valence electrons. The van der Waals surface area contributed by atoms with Crippen molar-refractivity contribution in [2.45, 2.75) is 17.9 Å². The van der Waals surface area contributed by atoms with Gasteiger partial charge in [0.25, 0.3) is 0 Å². The number of benzene rings is 1. The summed E-state index contributed by atoms with van der Waals surface area (Å²) in [5, 5.41) is 17.8. The zero-order chi connectivity index (χ0) is 14.8. The Kier molecular flexibility index (Phi) is 4.61. The van der Waals surface area contributed by atoms with E-state index in [1.165, 1.54) is 14.0 Å². The Morgan fingerprint density at radius 2 is 2.05 bits per heavy atom. The SMILES string of the molecule is CC(O)CN(C)S(=O)(=O)c1ccc(C(=O)O)c(F)c1. The molecule has 0 saturated carbocycles. The molecule has 1 atom stereocenters. The maximum Gasteiger partial charge on any atom is 0.338 e. The lowest BCUT2D eigenvalue weighted by molar-refractivity contribution is 0.0691. The van der Waals surface area contributed by atoms with E-state index in [1.54, 1.807) is 0 Å². The van der Waals surface area contributed by atoms with Gasteiger partial charge in [-0.3, -0.25) is 0 Å². The van der Waals surface area contributed by atoms with Crippen molar-refractivity contribution >= 4 is 16.0 Å². The predicted molar refractivity (Wildman–Crippen MR) is 64.9 cm³/mol. The molecule has 0 aliphatic heterocycles. The fourth-order valence-corrected chi connectivity index (χ4v) is 2.74. The predicted octanol–water partition coefficient (Wildman–Crippen LogP) is 0.525. The molecule has 0 radical (unpaired) electrons. The number of aliphatic hydroxyl groups excluding tert-OH is 1. The van der Waals surface area contributed by atoms with Crippen LogP contribution in [0.25, 0.3) is 0 Å². The first-order valence-electron chi connectivity index (χ1n) is 5.33. The van der Waals surface area contributed by atoms with Crippen LogP contribution in [0.2, 0.25) is 0 Å². The van der Waals surface area contributed by atoms with Gasteiger partial charge in [0.2, 0.25) is 10.0 Å². The number of likely N-dealkylation sites (N-methyl/N-ethyl adjacent to an activating group) is 1. The summed E-state index contributed by atoms with van der Waals surface area (Å²) in [6.45, 7) is 1.27. The summed E-state index contributed by atoms with van der Waals surface area (Å²) >= 11 is 0. The van der Waals surface area contributed by atoms with Crippen molar-refractivity contribution in [3.63, 3.8) is 0 Å². The van der Waals surface area contributed by atoms with E-state index >= 15 is 0 Å². The van der Waals surface area contributed by atoms with E-state index < -0.39 is 33.5 Å². The summed E-state index contributed by atoms with van der Waals surface area (Å²) in [5.74, 6) is -2.60. The van der Waals surface area contributed by atoms with Gasteiger partial charge in [0.15, 0.2) is 0 Å². The molecule has 2 N–H and O–H groups in total. The summed E-state index contributed by atoms with van der Waals surface area (Å²) in [5.41, 5.74) is -0.600.